The monoisotopic (exact) mass is 197 g/mol. The molecule has 0 heterocycles. The van der Waals surface area contributed by atoms with Gasteiger partial charge in [0, 0.05) is 10.5 Å². The molecular formula is C9H11NO4. The normalized spacial score (nSPS) is 9.79. The summed E-state index contributed by atoms with van der Waals surface area (Å²) in [5.41, 5.74) is 0.510. The molecule has 76 valence electrons. The maximum Gasteiger partial charge on any atom is 0.229 e. The molecule has 0 aromatic heterocycles. The third-order valence-electron chi connectivity index (χ3n) is 1.64. The highest BCUT2D eigenvalue weighted by atomic mass is 16.6. The van der Waals surface area contributed by atoms with Crippen LogP contribution in [-0.4, -0.2) is 16.6 Å². The summed E-state index contributed by atoms with van der Waals surface area (Å²) < 4.78 is 5.09. The molecule has 0 bridgehead atoms. The van der Waals surface area contributed by atoms with Crippen molar-refractivity contribution in [1.29, 1.82) is 0 Å². The summed E-state index contributed by atoms with van der Waals surface area (Å²) in [6.45, 7) is 1.93. The lowest BCUT2D eigenvalue weighted by molar-refractivity contribution is -0.496. The van der Waals surface area contributed by atoms with Crippen molar-refractivity contribution in [3.05, 3.63) is 33.9 Å². The first-order valence-electron chi connectivity index (χ1n) is 4.20. The van der Waals surface area contributed by atoms with Gasteiger partial charge < -0.3 is 9.84 Å². The van der Waals surface area contributed by atoms with Crippen molar-refractivity contribution in [3.8, 4) is 11.5 Å². The molecule has 5 heteroatoms. The van der Waals surface area contributed by atoms with E-state index in [1.807, 2.05) is 0 Å². The Morgan fingerprint density at radius 3 is 2.86 bits per heavy atom. The van der Waals surface area contributed by atoms with Gasteiger partial charge in [0.25, 0.3) is 0 Å². The predicted octanol–water partition coefficient (Wildman–Crippen LogP) is 1.57. The van der Waals surface area contributed by atoms with Crippen molar-refractivity contribution in [1.82, 2.24) is 0 Å². The van der Waals surface area contributed by atoms with Crippen LogP contribution in [0.15, 0.2) is 18.2 Å². The smallest absolute Gasteiger partial charge is 0.229 e. The van der Waals surface area contributed by atoms with Crippen molar-refractivity contribution >= 4 is 0 Å². The quantitative estimate of drug-likeness (QED) is 0.587. The average Bonchev–Trinajstić information content (AvgIpc) is 2.10. The highest BCUT2D eigenvalue weighted by Gasteiger charge is 2.06. The van der Waals surface area contributed by atoms with Gasteiger partial charge in [-0.25, -0.2) is 0 Å². The molecule has 0 aliphatic carbocycles. The second-order valence-corrected chi connectivity index (χ2v) is 2.73. The third-order valence-corrected chi connectivity index (χ3v) is 1.64. The van der Waals surface area contributed by atoms with Crippen molar-refractivity contribution in [3.63, 3.8) is 0 Å². The van der Waals surface area contributed by atoms with Gasteiger partial charge in [-0.05, 0) is 25.1 Å². The van der Waals surface area contributed by atoms with Crippen LogP contribution in [0.2, 0.25) is 0 Å². The first-order valence-corrected chi connectivity index (χ1v) is 4.20. The summed E-state index contributed by atoms with van der Waals surface area (Å²) in [7, 11) is 0. The summed E-state index contributed by atoms with van der Waals surface area (Å²) >= 11 is 0. The van der Waals surface area contributed by atoms with E-state index in [1.165, 1.54) is 18.2 Å². The van der Waals surface area contributed by atoms with E-state index in [1.54, 1.807) is 6.92 Å². The number of hydrogen-bond donors (Lipinski definition) is 1. The molecule has 5 nitrogen and oxygen atoms in total. The molecule has 0 atom stereocenters. The lowest BCUT2D eigenvalue weighted by Crippen LogP contribution is -1.99. The second-order valence-electron chi connectivity index (χ2n) is 2.73. The zero-order chi connectivity index (χ0) is 10.6. The van der Waals surface area contributed by atoms with Gasteiger partial charge in [0.05, 0.1) is 6.61 Å². The van der Waals surface area contributed by atoms with Gasteiger partial charge in [-0.15, -0.1) is 0 Å². The Hall–Kier alpha value is -1.78. The zero-order valence-corrected chi connectivity index (χ0v) is 7.77. The van der Waals surface area contributed by atoms with Crippen LogP contribution in [0, 0.1) is 10.1 Å². The fraction of sp³-hybridized carbons (Fsp3) is 0.333. The van der Waals surface area contributed by atoms with Gasteiger partial charge in [0.15, 0.2) is 11.5 Å². The largest absolute Gasteiger partial charge is 0.504 e. The van der Waals surface area contributed by atoms with Gasteiger partial charge in [-0.3, -0.25) is 10.1 Å². The fourth-order valence-corrected chi connectivity index (χ4v) is 1.08. The maximum absolute atomic E-state index is 10.2. The Kier molecular flexibility index (Phi) is 3.28. The number of rotatable bonds is 4. The summed E-state index contributed by atoms with van der Waals surface area (Å²) in [4.78, 5) is 9.80. The minimum absolute atomic E-state index is 0.000974. The van der Waals surface area contributed by atoms with Crippen LogP contribution in [0.1, 0.15) is 12.5 Å². The predicted molar refractivity (Wildman–Crippen MR) is 50.0 cm³/mol. The minimum atomic E-state index is -0.428. The van der Waals surface area contributed by atoms with Crippen LogP contribution in [0.5, 0.6) is 11.5 Å². The van der Waals surface area contributed by atoms with Crippen LogP contribution in [0.4, 0.5) is 0 Å². The molecule has 0 saturated carbocycles. The molecule has 0 radical (unpaired) electrons. The number of benzene rings is 1. The molecule has 0 fully saturated rings. The number of ether oxygens (including phenoxy) is 1. The van der Waals surface area contributed by atoms with E-state index in [9.17, 15) is 15.2 Å². The van der Waals surface area contributed by atoms with Crippen LogP contribution in [-0.2, 0) is 6.54 Å². The molecule has 0 amide bonds. The van der Waals surface area contributed by atoms with Crippen molar-refractivity contribution in [2.24, 2.45) is 0 Å². The Labute approximate surface area is 81.1 Å². The number of nitrogens with zero attached hydrogens (tertiary/aromatic N) is 1. The Morgan fingerprint density at radius 2 is 2.29 bits per heavy atom. The topological polar surface area (TPSA) is 72.6 Å². The Morgan fingerprint density at radius 1 is 1.57 bits per heavy atom. The molecule has 0 aliphatic heterocycles. The molecule has 1 rings (SSSR count). The van der Waals surface area contributed by atoms with E-state index in [-0.39, 0.29) is 18.0 Å². The first-order chi connectivity index (χ1) is 6.63. The molecule has 0 saturated heterocycles. The van der Waals surface area contributed by atoms with Gasteiger partial charge >= 0.3 is 0 Å². The molecule has 0 unspecified atom stereocenters. The maximum atomic E-state index is 10.2. The molecule has 0 aliphatic rings. The number of hydrogen-bond acceptors (Lipinski definition) is 4. The van der Waals surface area contributed by atoms with Crippen molar-refractivity contribution in [2.45, 2.75) is 13.5 Å². The number of nitro groups is 1. The van der Waals surface area contributed by atoms with E-state index in [0.717, 1.165) is 0 Å². The van der Waals surface area contributed by atoms with E-state index in [4.69, 9.17) is 4.74 Å². The highest BCUT2D eigenvalue weighted by molar-refractivity contribution is 5.41. The highest BCUT2D eigenvalue weighted by Crippen LogP contribution is 2.26. The Bertz CT molecular complexity index is 338. The van der Waals surface area contributed by atoms with E-state index >= 15 is 0 Å². The lowest BCUT2D eigenvalue weighted by Gasteiger charge is -2.06. The average molecular weight is 197 g/mol. The molecular weight excluding hydrogens is 186 g/mol. The van der Waals surface area contributed by atoms with Crippen molar-refractivity contribution < 1.29 is 14.8 Å². The zero-order valence-electron chi connectivity index (χ0n) is 7.77. The van der Waals surface area contributed by atoms with Gasteiger partial charge in [0.2, 0.25) is 6.54 Å². The molecule has 1 aromatic carbocycles. The van der Waals surface area contributed by atoms with E-state index in [2.05, 4.69) is 0 Å². The summed E-state index contributed by atoms with van der Waals surface area (Å²) in [6, 6.07) is 4.37. The van der Waals surface area contributed by atoms with E-state index < -0.39 is 4.92 Å². The van der Waals surface area contributed by atoms with Crippen LogP contribution in [0.3, 0.4) is 0 Å². The summed E-state index contributed by atoms with van der Waals surface area (Å²) in [5.74, 6) is 0.283. The fourth-order valence-electron chi connectivity index (χ4n) is 1.08. The molecule has 0 spiro atoms. The Balaban J connectivity index is 2.88. The third kappa shape index (κ3) is 2.62. The lowest BCUT2D eigenvalue weighted by atomic mass is 10.2. The SMILES string of the molecule is CCOc1cc(C[N+](=O)[O-])ccc1O. The number of phenolic OH excluding ortho intramolecular Hbond substituents is 1. The number of aromatic hydroxyl groups is 1. The molecule has 1 aromatic rings. The number of phenols is 1. The first kappa shape index (κ1) is 10.3. The van der Waals surface area contributed by atoms with Crippen molar-refractivity contribution in [2.75, 3.05) is 6.61 Å². The molecule has 1 N–H and O–H groups in total. The van der Waals surface area contributed by atoms with Crippen LogP contribution < -0.4 is 4.74 Å². The minimum Gasteiger partial charge on any atom is -0.504 e. The van der Waals surface area contributed by atoms with Gasteiger partial charge in [0.1, 0.15) is 0 Å². The molecule has 14 heavy (non-hydrogen) atoms. The van der Waals surface area contributed by atoms with Crippen LogP contribution in [0.25, 0.3) is 0 Å². The second kappa shape index (κ2) is 4.45. The van der Waals surface area contributed by atoms with E-state index in [0.29, 0.717) is 12.2 Å². The van der Waals surface area contributed by atoms with Crippen LogP contribution >= 0.6 is 0 Å². The standard InChI is InChI=1S/C9H11NO4/c1-2-14-9-5-7(6-10(12)13)3-4-8(9)11/h3-5,11H,2,6H2,1H3. The summed E-state index contributed by atoms with van der Waals surface area (Å²) in [6.07, 6.45) is 0. The summed E-state index contributed by atoms with van der Waals surface area (Å²) in [5, 5.41) is 19.5. The van der Waals surface area contributed by atoms with Gasteiger partial charge in [-0.1, -0.05) is 0 Å². The van der Waals surface area contributed by atoms with Gasteiger partial charge in [-0.2, -0.15) is 0 Å².